The molecular weight excluding hydrogens is 316 g/mol. The topological polar surface area (TPSA) is 138 Å². The Morgan fingerprint density at radius 3 is 2.71 bits per heavy atom. The Morgan fingerprint density at radius 1 is 1.29 bits per heavy atom. The van der Waals surface area contributed by atoms with E-state index in [1.54, 1.807) is 22.9 Å². The molecule has 24 heavy (non-hydrogen) atoms. The highest BCUT2D eigenvalue weighted by molar-refractivity contribution is 5.85. The van der Waals surface area contributed by atoms with Gasteiger partial charge in [0.2, 0.25) is 0 Å². The minimum Gasteiger partial charge on any atom is -0.480 e. The number of aromatic nitrogens is 1. The van der Waals surface area contributed by atoms with Gasteiger partial charge in [0, 0.05) is 18.0 Å². The number of para-hydroxylation sites is 1. The van der Waals surface area contributed by atoms with Crippen LogP contribution >= 0.6 is 0 Å². The lowest BCUT2D eigenvalue weighted by Gasteiger charge is -2.36. The van der Waals surface area contributed by atoms with E-state index in [2.05, 4.69) is 0 Å². The van der Waals surface area contributed by atoms with E-state index in [0.29, 0.717) is 5.56 Å². The molecular formula is C16H20N2O6. The number of carboxylic acids is 1. The Kier molecular flexibility index (Phi) is 4.57. The summed E-state index contributed by atoms with van der Waals surface area (Å²) in [7, 11) is 0. The predicted octanol–water partition coefficient (Wildman–Crippen LogP) is -0.793. The molecule has 1 aliphatic heterocycles. The number of nitrogens with two attached hydrogens (primary N) is 1. The van der Waals surface area contributed by atoms with Crippen molar-refractivity contribution in [1.29, 1.82) is 0 Å². The van der Waals surface area contributed by atoms with Gasteiger partial charge in [-0.05, 0) is 11.6 Å². The van der Waals surface area contributed by atoms with Crippen LogP contribution in [0.4, 0.5) is 0 Å². The number of hydrogen-bond acceptors (Lipinski definition) is 6. The van der Waals surface area contributed by atoms with E-state index >= 15 is 0 Å². The lowest BCUT2D eigenvalue weighted by molar-refractivity contribution is -0.209. The van der Waals surface area contributed by atoms with E-state index < -0.39 is 36.6 Å². The molecule has 1 aromatic carbocycles. The number of nitrogens with zero attached hydrogens (tertiary/aromatic N) is 1. The second-order valence-electron chi connectivity index (χ2n) is 6.00. The van der Waals surface area contributed by atoms with Crippen LogP contribution < -0.4 is 5.73 Å². The van der Waals surface area contributed by atoms with E-state index in [1.807, 2.05) is 12.1 Å². The highest BCUT2D eigenvalue weighted by atomic mass is 16.5. The predicted molar refractivity (Wildman–Crippen MR) is 84.3 cm³/mol. The second kappa shape index (κ2) is 6.50. The van der Waals surface area contributed by atoms with Crippen molar-refractivity contribution in [2.45, 2.75) is 37.0 Å². The third kappa shape index (κ3) is 2.90. The molecule has 1 saturated heterocycles. The molecule has 6 N–H and O–H groups in total. The van der Waals surface area contributed by atoms with Gasteiger partial charge in [0.1, 0.15) is 24.4 Å². The monoisotopic (exact) mass is 336 g/mol. The summed E-state index contributed by atoms with van der Waals surface area (Å²) < 4.78 is 7.13. The van der Waals surface area contributed by atoms with Crippen molar-refractivity contribution >= 4 is 16.9 Å². The molecule has 5 atom stereocenters. The molecule has 0 aliphatic carbocycles. The number of carbonyl (C=O) groups is 1. The molecule has 1 aromatic heterocycles. The molecule has 8 nitrogen and oxygen atoms in total. The molecule has 0 saturated carbocycles. The number of aliphatic hydroxyl groups excluding tert-OH is 3. The number of rotatable bonds is 4. The van der Waals surface area contributed by atoms with Crippen LogP contribution in [0.5, 0.6) is 0 Å². The van der Waals surface area contributed by atoms with Crippen molar-refractivity contribution in [3.05, 3.63) is 36.0 Å². The van der Waals surface area contributed by atoms with Crippen LogP contribution in [0.2, 0.25) is 0 Å². The Balaban J connectivity index is 2.01. The number of aliphatic carboxylic acids is 1. The van der Waals surface area contributed by atoms with Gasteiger partial charge >= 0.3 is 5.97 Å². The Bertz CT molecular complexity index is 745. The molecule has 2 aromatic rings. The molecule has 0 bridgehead atoms. The van der Waals surface area contributed by atoms with Crippen LogP contribution in [0.1, 0.15) is 11.8 Å². The van der Waals surface area contributed by atoms with Crippen LogP contribution in [0, 0.1) is 0 Å². The van der Waals surface area contributed by atoms with Crippen molar-refractivity contribution in [2.24, 2.45) is 5.73 Å². The number of benzene rings is 1. The van der Waals surface area contributed by atoms with Gasteiger partial charge in [-0.1, -0.05) is 18.2 Å². The van der Waals surface area contributed by atoms with Crippen LogP contribution in [0.3, 0.4) is 0 Å². The van der Waals surface area contributed by atoms with Crippen molar-refractivity contribution in [1.82, 2.24) is 4.57 Å². The van der Waals surface area contributed by atoms with Crippen molar-refractivity contribution < 1.29 is 30.0 Å². The maximum absolute atomic E-state index is 11.0. The van der Waals surface area contributed by atoms with E-state index in [4.69, 9.17) is 15.6 Å². The maximum Gasteiger partial charge on any atom is 0.320 e. The summed E-state index contributed by atoms with van der Waals surface area (Å²) in [5, 5.41) is 39.5. The zero-order valence-corrected chi connectivity index (χ0v) is 12.8. The Hall–Kier alpha value is -1.97. The molecule has 0 radical (unpaired) electrons. The fourth-order valence-electron chi connectivity index (χ4n) is 3.01. The van der Waals surface area contributed by atoms with Crippen LogP contribution in [-0.2, 0) is 16.0 Å². The third-order valence-electron chi connectivity index (χ3n) is 4.33. The first-order valence-electron chi connectivity index (χ1n) is 7.62. The summed E-state index contributed by atoms with van der Waals surface area (Å²) in [6.07, 6.45) is -2.89. The van der Waals surface area contributed by atoms with Gasteiger partial charge in [0.15, 0.2) is 6.23 Å². The van der Waals surface area contributed by atoms with Gasteiger partial charge in [-0.15, -0.1) is 0 Å². The minimum absolute atomic E-state index is 0.112. The van der Waals surface area contributed by atoms with E-state index in [1.165, 1.54) is 0 Å². The quantitative estimate of drug-likeness (QED) is 0.493. The summed E-state index contributed by atoms with van der Waals surface area (Å²) in [5.74, 6) is -1.10. The van der Waals surface area contributed by atoms with E-state index in [9.17, 15) is 20.1 Å². The average molecular weight is 336 g/mol. The first-order chi connectivity index (χ1) is 11.4. The number of carboxylic acid groups (broad SMARTS) is 1. The maximum atomic E-state index is 11.0. The lowest BCUT2D eigenvalue weighted by Crippen LogP contribution is -2.50. The largest absolute Gasteiger partial charge is 0.480 e. The lowest BCUT2D eigenvalue weighted by atomic mass is 10.0. The van der Waals surface area contributed by atoms with E-state index in [0.717, 1.165) is 10.9 Å². The van der Waals surface area contributed by atoms with Crippen LogP contribution in [0.15, 0.2) is 30.5 Å². The van der Waals surface area contributed by atoms with Crippen molar-refractivity contribution in [3.8, 4) is 0 Å². The average Bonchev–Trinajstić information content (AvgIpc) is 2.91. The normalized spacial score (nSPS) is 28.8. The van der Waals surface area contributed by atoms with Gasteiger partial charge in [0.25, 0.3) is 0 Å². The number of fused-ring (bicyclic) bond motifs is 1. The van der Waals surface area contributed by atoms with Gasteiger partial charge in [-0.2, -0.15) is 0 Å². The molecule has 1 aliphatic rings. The molecule has 2 heterocycles. The first kappa shape index (κ1) is 16.9. The standard InChI is InChI=1S/C16H20N2O6/c17-10(16(22)23)5-8-6-18(11-4-2-1-3-9(8)11)15-14(21)13(20)12(19)7-24-15/h1-4,6,10,12-15,19-21H,5,7,17H2,(H,22,23)/t10-,12+,13-,14+,15+/m0/s1. The second-order valence-corrected chi connectivity index (χ2v) is 6.00. The van der Waals surface area contributed by atoms with Crippen molar-refractivity contribution in [2.75, 3.05) is 6.61 Å². The highest BCUT2D eigenvalue weighted by Gasteiger charge is 2.39. The smallest absolute Gasteiger partial charge is 0.320 e. The Morgan fingerprint density at radius 2 is 2.00 bits per heavy atom. The zero-order chi connectivity index (χ0) is 17.4. The van der Waals surface area contributed by atoms with Crippen LogP contribution in [-0.4, -0.2) is 61.9 Å². The fourth-order valence-corrected chi connectivity index (χ4v) is 3.01. The number of aliphatic hydroxyl groups is 3. The molecule has 130 valence electrons. The summed E-state index contributed by atoms with van der Waals surface area (Å²) in [5.41, 5.74) is 7.06. The van der Waals surface area contributed by atoms with Gasteiger partial charge in [-0.25, -0.2) is 0 Å². The number of hydrogen-bond donors (Lipinski definition) is 5. The molecule has 1 fully saturated rings. The van der Waals surface area contributed by atoms with Gasteiger partial charge < -0.3 is 35.5 Å². The van der Waals surface area contributed by atoms with E-state index in [-0.39, 0.29) is 13.0 Å². The van der Waals surface area contributed by atoms with Gasteiger partial charge in [0.05, 0.1) is 12.1 Å². The number of ether oxygens (including phenoxy) is 1. The summed E-state index contributed by atoms with van der Waals surface area (Å²) in [6.45, 7) is -0.112. The molecule has 0 amide bonds. The molecule has 0 spiro atoms. The first-order valence-corrected chi connectivity index (χ1v) is 7.62. The third-order valence-corrected chi connectivity index (χ3v) is 4.33. The molecule has 8 heteroatoms. The van der Waals surface area contributed by atoms with Gasteiger partial charge in [-0.3, -0.25) is 4.79 Å². The van der Waals surface area contributed by atoms with Crippen LogP contribution in [0.25, 0.3) is 10.9 Å². The summed E-state index contributed by atoms with van der Waals surface area (Å²) in [6, 6.07) is 6.21. The highest BCUT2D eigenvalue weighted by Crippen LogP contribution is 2.31. The summed E-state index contributed by atoms with van der Waals surface area (Å²) in [4.78, 5) is 11.0. The Labute approximate surface area is 137 Å². The SMILES string of the molecule is N[C@@H](Cc1cn([C@@H]2OC[C@@H](O)[C@H](O)[C@H]2O)c2ccccc12)C(=O)O. The zero-order valence-electron chi connectivity index (χ0n) is 12.8. The van der Waals surface area contributed by atoms with Crippen molar-refractivity contribution in [3.63, 3.8) is 0 Å². The molecule has 3 rings (SSSR count). The molecule has 0 unspecified atom stereocenters. The minimum atomic E-state index is -1.32. The summed E-state index contributed by atoms with van der Waals surface area (Å²) >= 11 is 0. The fraction of sp³-hybridized carbons (Fsp3) is 0.438.